The number of aryl methyl sites for hydroxylation is 1. The molecule has 2 rings (SSSR count). The van der Waals surface area contributed by atoms with E-state index in [1.165, 1.54) is 26.0 Å². The van der Waals surface area contributed by atoms with Crippen molar-refractivity contribution in [2.45, 2.75) is 32.5 Å². The van der Waals surface area contributed by atoms with Gasteiger partial charge < -0.3 is 10.4 Å². The Balaban J connectivity index is 2.14. The Morgan fingerprint density at radius 3 is 2.29 bits per heavy atom. The van der Waals surface area contributed by atoms with Crippen LogP contribution < -0.4 is 10.0 Å². The summed E-state index contributed by atoms with van der Waals surface area (Å²) < 4.78 is 64.5. The van der Waals surface area contributed by atoms with Gasteiger partial charge in [-0.1, -0.05) is 12.1 Å². The summed E-state index contributed by atoms with van der Waals surface area (Å²) in [5.41, 5.74) is -0.521. The van der Waals surface area contributed by atoms with Gasteiger partial charge in [0.05, 0.1) is 17.0 Å². The van der Waals surface area contributed by atoms with Crippen LogP contribution in [0.5, 0.6) is 0 Å². The van der Waals surface area contributed by atoms with Crippen LogP contribution in [-0.2, 0) is 21.8 Å². The highest BCUT2D eigenvalue weighted by molar-refractivity contribution is 7.92. The van der Waals surface area contributed by atoms with E-state index < -0.39 is 27.4 Å². The molecule has 0 radical (unpaired) electrons. The first kappa shape index (κ1) is 22.0. The Morgan fingerprint density at radius 2 is 1.71 bits per heavy atom. The molecule has 0 amide bonds. The lowest BCUT2D eigenvalue weighted by Gasteiger charge is -2.26. The minimum atomic E-state index is -4.49. The third-order valence-electron chi connectivity index (χ3n) is 4.32. The van der Waals surface area contributed by atoms with Crippen molar-refractivity contribution in [1.82, 2.24) is 0 Å². The molecule has 0 saturated heterocycles. The second kappa shape index (κ2) is 8.00. The molecule has 0 aliphatic carbocycles. The summed E-state index contributed by atoms with van der Waals surface area (Å²) in [6.07, 6.45) is -4.49. The highest BCUT2D eigenvalue weighted by atomic mass is 32.2. The molecule has 0 aliphatic rings. The Kier molecular flexibility index (Phi) is 6.30. The number of hydrogen-bond acceptors (Lipinski definition) is 4. The molecule has 154 valence electrons. The molecule has 2 aromatic rings. The smallest absolute Gasteiger partial charge is 0.384 e. The van der Waals surface area contributed by atoms with Gasteiger partial charge in [0.2, 0.25) is 10.0 Å². The number of benzene rings is 2. The molecule has 0 fully saturated rings. The highest BCUT2D eigenvalue weighted by Gasteiger charge is 2.32. The maximum atomic E-state index is 12.9. The summed E-state index contributed by atoms with van der Waals surface area (Å²) >= 11 is 0. The number of anilines is 2. The largest absolute Gasteiger partial charge is 0.416 e. The summed E-state index contributed by atoms with van der Waals surface area (Å²) in [5.74, 6) is -0.0493. The Hall–Kier alpha value is -2.26. The molecule has 3 N–H and O–H groups in total. The van der Waals surface area contributed by atoms with E-state index in [1.54, 1.807) is 25.1 Å². The monoisotopic (exact) mass is 416 g/mol. The van der Waals surface area contributed by atoms with E-state index in [9.17, 15) is 26.7 Å². The molecule has 2 aromatic carbocycles. The fourth-order valence-electron chi connectivity index (χ4n) is 2.53. The van der Waals surface area contributed by atoms with Crippen LogP contribution in [0.2, 0.25) is 0 Å². The van der Waals surface area contributed by atoms with Crippen molar-refractivity contribution in [2.75, 3.05) is 22.3 Å². The van der Waals surface area contributed by atoms with Gasteiger partial charge in [0.1, 0.15) is 5.60 Å². The van der Waals surface area contributed by atoms with Crippen LogP contribution in [0.15, 0.2) is 42.5 Å². The third-order valence-corrected chi connectivity index (χ3v) is 5.61. The quantitative estimate of drug-likeness (QED) is 0.635. The molecule has 0 aliphatic heterocycles. The lowest BCUT2D eigenvalue weighted by Crippen LogP contribution is -2.31. The van der Waals surface area contributed by atoms with Gasteiger partial charge in [0.15, 0.2) is 0 Å². The molecular weight excluding hydrogens is 393 g/mol. The van der Waals surface area contributed by atoms with E-state index in [0.29, 0.717) is 16.9 Å². The van der Waals surface area contributed by atoms with Gasteiger partial charge in [-0.2, -0.15) is 13.2 Å². The van der Waals surface area contributed by atoms with Gasteiger partial charge in [-0.15, -0.1) is 0 Å². The molecule has 1 unspecified atom stereocenters. The van der Waals surface area contributed by atoms with E-state index in [2.05, 4.69) is 10.0 Å². The van der Waals surface area contributed by atoms with E-state index in [-0.39, 0.29) is 17.9 Å². The maximum Gasteiger partial charge on any atom is 0.416 e. The standard InChI is InChI=1S/C19H23F3N2O3S/c1-4-28(26,27)24-17-9-8-16(10-13(17)2)23-12-18(3,25)14-6-5-7-15(11-14)19(20,21)22/h5-11,23-25H,4,12H2,1-3H3. The fraction of sp³-hybridized carbons (Fsp3) is 0.368. The minimum absolute atomic E-state index is 0.0339. The Bertz CT molecular complexity index is 942. The second-order valence-electron chi connectivity index (χ2n) is 6.74. The van der Waals surface area contributed by atoms with Crippen molar-refractivity contribution in [1.29, 1.82) is 0 Å². The Labute approximate surface area is 162 Å². The van der Waals surface area contributed by atoms with Crippen molar-refractivity contribution in [3.8, 4) is 0 Å². The second-order valence-corrected chi connectivity index (χ2v) is 8.75. The molecule has 9 heteroatoms. The summed E-state index contributed by atoms with van der Waals surface area (Å²) in [6.45, 7) is 4.65. The number of alkyl halides is 3. The third kappa shape index (κ3) is 5.62. The van der Waals surface area contributed by atoms with Crippen molar-refractivity contribution >= 4 is 21.4 Å². The molecular formula is C19H23F3N2O3S. The van der Waals surface area contributed by atoms with E-state index in [0.717, 1.165) is 12.1 Å². The number of hydrogen-bond donors (Lipinski definition) is 3. The summed E-state index contributed by atoms with van der Waals surface area (Å²) in [6, 6.07) is 9.47. The summed E-state index contributed by atoms with van der Waals surface area (Å²) in [7, 11) is -3.40. The molecule has 5 nitrogen and oxygen atoms in total. The summed E-state index contributed by atoms with van der Waals surface area (Å²) in [4.78, 5) is 0. The Morgan fingerprint density at radius 1 is 1.07 bits per heavy atom. The molecule has 0 saturated carbocycles. The van der Waals surface area contributed by atoms with Gasteiger partial charge in [-0.3, -0.25) is 4.72 Å². The average molecular weight is 416 g/mol. The van der Waals surface area contributed by atoms with E-state index >= 15 is 0 Å². The van der Waals surface area contributed by atoms with Gasteiger partial charge in [0, 0.05) is 12.2 Å². The molecule has 28 heavy (non-hydrogen) atoms. The average Bonchev–Trinajstić information content (AvgIpc) is 2.61. The van der Waals surface area contributed by atoms with Crippen molar-refractivity contribution in [3.05, 3.63) is 59.2 Å². The van der Waals surface area contributed by atoms with Crippen LogP contribution in [0.3, 0.4) is 0 Å². The predicted molar refractivity (Wildman–Crippen MR) is 104 cm³/mol. The zero-order valence-corrected chi connectivity index (χ0v) is 16.6. The normalized spacial score (nSPS) is 14.4. The fourth-order valence-corrected chi connectivity index (χ4v) is 3.24. The van der Waals surface area contributed by atoms with Crippen LogP contribution in [0.25, 0.3) is 0 Å². The lowest BCUT2D eigenvalue weighted by molar-refractivity contribution is -0.137. The number of sulfonamides is 1. The molecule has 0 bridgehead atoms. The molecule has 0 aromatic heterocycles. The van der Waals surface area contributed by atoms with Gasteiger partial charge in [0.25, 0.3) is 0 Å². The van der Waals surface area contributed by atoms with Gasteiger partial charge in [-0.25, -0.2) is 8.42 Å². The van der Waals surface area contributed by atoms with E-state index in [1.807, 2.05) is 0 Å². The lowest BCUT2D eigenvalue weighted by atomic mass is 9.94. The first-order valence-corrected chi connectivity index (χ1v) is 10.2. The maximum absolute atomic E-state index is 12.9. The zero-order chi connectivity index (χ0) is 21.2. The number of nitrogens with one attached hydrogen (secondary N) is 2. The van der Waals surface area contributed by atoms with Crippen LogP contribution >= 0.6 is 0 Å². The number of halogens is 3. The van der Waals surface area contributed by atoms with Gasteiger partial charge >= 0.3 is 6.18 Å². The van der Waals surface area contributed by atoms with Crippen molar-refractivity contribution < 1.29 is 26.7 Å². The van der Waals surface area contributed by atoms with Gasteiger partial charge in [-0.05, 0) is 62.2 Å². The zero-order valence-electron chi connectivity index (χ0n) is 15.8. The minimum Gasteiger partial charge on any atom is -0.384 e. The molecule has 0 heterocycles. The number of rotatable bonds is 7. The van der Waals surface area contributed by atoms with Crippen molar-refractivity contribution in [2.24, 2.45) is 0 Å². The van der Waals surface area contributed by atoms with Crippen LogP contribution in [0, 0.1) is 6.92 Å². The highest BCUT2D eigenvalue weighted by Crippen LogP contribution is 2.32. The van der Waals surface area contributed by atoms with Crippen LogP contribution in [0.4, 0.5) is 24.5 Å². The predicted octanol–water partition coefficient (Wildman–Crippen LogP) is 4.10. The molecule has 1 atom stereocenters. The first-order chi connectivity index (χ1) is 12.8. The van der Waals surface area contributed by atoms with E-state index in [4.69, 9.17) is 0 Å². The van der Waals surface area contributed by atoms with Crippen LogP contribution in [-0.4, -0.2) is 25.8 Å². The SMILES string of the molecule is CCS(=O)(=O)Nc1ccc(NCC(C)(O)c2cccc(C(F)(F)F)c2)cc1C. The van der Waals surface area contributed by atoms with Crippen LogP contribution in [0.1, 0.15) is 30.5 Å². The number of aliphatic hydroxyl groups is 1. The molecule has 0 spiro atoms. The summed E-state index contributed by atoms with van der Waals surface area (Å²) in [5, 5.41) is 13.6. The topological polar surface area (TPSA) is 78.4 Å². The first-order valence-electron chi connectivity index (χ1n) is 8.59. The van der Waals surface area contributed by atoms with Crippen molar-refractivity contribution in [3.63, 3.8) is 0 Å².